The van der Waals surface area contributed by atoms with E-state index in [9.17, 15) is 14.7 Å². The van der Waals surface area contributed by atoms with E-state index in [4.69, 9.17) is 0 Å². The van der Waals surface area contributed by atoms with E-state index < -0.39 is 17.0 Å². The molecule has 0 aliphatic heterocycles. The average molecular weight is 250 g/mol. The first-order chi connectivity index (χ1) is 8.20. The quantitative estimate of drug-likeness (QED) is 0.432. The minimum Gasteiger partial charge on any atom is -0.456 e. The number of hydrogen-bond acceptors (Lipinski definition) is 4. The van der Waals surface area contributed by atoms with Gasteiger partial charge in [0.2, 0.25) is 0 Å². The summed E-state index contributed by atoms with van der Waals surface area (Å²) in [6.07, 6.45) is 1.58. The highest BCUT2D eigenvalue weighted by Crippen LogP contribution is 2.37. The third-order valence-corrected chi connectivity index (χ3v) is 2.80. The Morgan fingerprint density at radius 2 is 2.17 bits per heavy atom. The zero-order valence-electron chi connectivity index (χ0n) is 11.2. The van der Waals surface area contributed by atoms with E-state index >= 15 is 0 Å². The van der Waals surface area contributed by atoms with Gasteiger partial charge in [-0.1, -0.05) is 19.8 Å². The van der Waals surface area contributed by atoms with Gasteiger partial charge in [0.1, 0.15) is 5.60 Å². The third kappa shape index (κ3) is 3.21. The van der Waals surface area contributed by atoms with Crippen molar-refractivity contribution in [1.29, 1.82) is 0 Å². The van der Waals surface area contributed by atoms with Gasteiger partial charge in [-0.25, -0.2) is 4.79 Å². The SMILES string of the molecule is CCOC(=O)C#CC1(O)C=C(C)C(=O)C(C)(C)C1. The molecule has 1 rings (SSSR count). The Balaban J connectivity index is 3.01. The maximum Gasteiger partial charge on any atom is 0.384 e. The molecule has 4 heteroatoms. The van der Waals surface area contributed by atoms with Gasteiger partial charge < -0.3 is 9.84 Å². The van der Waals surface area contributed by atoms with Crippen LogP contribution in [0.5, 0.6) is 0 Å². The van der Waals surface area contributed by atoms with Crippen molar-refractivity contribution in [3.05, 3.63) is 11.6 Å². The van der Waals surface area contributed by atoms with Crippen LogP contribution in [0.3, 0.4) is 0 Å². The molecule has 4 nitrogen and oxygen atoms in total. The Morgan fingerprint density at radius 1 is 1.56 bits per heavy atom. The molecule has 1 aliphatic carbocycles. The van der Waals surface area contributed by atoms with Crippen LogP contribution < -0.4 is 0 Å². The molecule has 0 spiro atoms. The summed E-state index contributed by atoms with van der Waals surface area (Å²) in [6.45, 7) is 7.07. The Hall–Kier alpha value is -1.60. The normalized spacial score (nSPS) is 25.8. The lowest BCUT2D eigenvalue weighted by Gasteiger charge is -2.35. The number of carbonyl (C=O) groups is 2. The van der Waals surface area contributed by atoms with Gasteiger partial charge in [0.05, 0.1) is 6.61 Å². The van der Waals surface area contributed by atoms with Gasteiger partial charge in [-0.2, -0.15) is 0 Å². The van der Waals surface area contributed by atoms with Crippen LogP contribution >= 0.6 is 0 Å². The zero-order chi connectivity index (χ0) is 14.0. The number of allylic oxidation sites excluding steroid dienone is 1. The fourth-order valence-electron chi connectivity index (χ4n) is 2.17. The van der Waals surface area contributed by atoms with E-state index in [-0.39, 0.29) is 18.8 Å². The lowest BCUT2D eigenvalue weighted by molar-refractivity contribution is -0.136. The third-order valence-electron chi connectivity index (χ3n) is 2.80. The summed E-state index contributed by atoms with van der Waals surface area (Å²) in [7, 11) is 0. The smallest absolute Gasteiger partial charge is 0.384 e. The van der Waals surface area contributed by atoms with Crippen LogP contribution in [0.1, 0.15) is 34.1 Å². The van der Waals surface area contributed by atoms with Crippen LogP contribution in [0, 0.1) is 17.3 Å². The second-order valence-electron chi connectivity index (χ2n) is 5.11. The Labute approximate surface area is 107 Å². The van der Waals surface area contributed by atoms with Gasteiger partial charge >= 0.3 is 5.97 Å². The molecule has 0 aromatic rings. The van der Waals surface area contributed by atoms with Crippen molar-refractivity contribution in [3.8, 4) is 11.8 Å². The molecule has 0 fully saturated rings. The second kappa shape index (κ2) is 4.95. The number of ketones is 1. The fraction of sp³-hybridized carbons (Fsp3) is 0.571. The van der Waals surface area contributed by atoms with Crippen LogP contribution in [-0.4, -0.2) is 29.1 Å². The first-order valence-corrected chi connectivity index (χ1v) is 5.87. The van der Waals surface area contributed by atoms with Crippen molar-refractivity contribution in [1.82, 2.24) is 0 Å². The molecule has 0 aromatic carbocycles. The van der Waals surface area contributed by atoms with E-state index in [0.29, 0.717) is 5.57 Å². The fourth-order valence-corrected chi connectivity index (χ4v) is 2.17. The number of ether oxygens (including phenoxy) is 1. The lowest BCUT2D eigenvalue weighted by Crippen LogP contribution is -2.41. The molecule has 0 radical (unpaired) electrons. The predicted molar refractivity (Wildman–Crippen MR) is 66.5 cm³/mol. The van der Waals surface area contributed by atoms with Crippen LogP contribution in [0.15, 0.2) is 11.6 Å². The van der Waals surface area contributed by atoms with Gasteiger partial charge in [-0.3, -0.25) is 4.79 Å². The van der Waals surface area contributed by atoms with Crippen molar-refractivity contribution in [2.45, 2.75) is 39.7 Å². The molecule has 1 atom stereocenters. The van der Waals surface area contributed by atoms with Crippen molar-refractivity contribution < 1.29 is 19.4 Å². The molecule has 0 aromatic heterocycles. The first-order valence-electron chi connectivity index (χ1n) is 5.87. The van der Waals surface area contributed by atoms with Gasteiger partial charge in [0.15, 0.2) is 5.78 Å². The minimum absolute atomic E-state index is 0.00916. The van der Waals surface area contributed by atoms with Crippen molar-refractivity contribution in [2.75, 3.05) is 6.61 Å². The number of Topliss-reactive ketones (excluding diaryl/α,β-unsaturated/α-hetero) is 1. The maximum atomic E-state index is 11.9. The van der Waals surface area contributed by atoms with Gasteiger partial charge in [0.25, 0.3) is 0 Å². The highest BCUT2D eigenvalue weighted by molar-refractivity contribution is 6.00. The van der Waals surface area contributed by atoms with Crippen molar-refractivity contribution >= 4 is 11.8 Å². The number of hydrogen-bond donors (Lipinski definition) is 1. The standard InChI is InChI=1S/C14H18O4/c1-5-18-11(15)6-7-14(17)8-10(2)12(16)13(3,4)9-14/h8,17H,5,9H2,1-4H3. The van der Waals surface area contributed by atoms with Crippen LogP contribution in [0.25, 0.3) is 0 Å². The van der Waals surface area contributed by atoms with E-state index in [1.165, 1.54) is 6.08 Å². The molecule has 0 saturated carbocycles. The summed E-state index contributed by atoms with van der Waals surface area (Å²) in [4.78, 5) is 23.0. The Morgan fingerprint density at radius 3 is 2.67 bits per heavy atom. The summed E-state index contributed by atoms with van der Waals surface area (Å²) in [5, 5.41) is 10.3. The van der Waals surface area contributed by atoms with Gasteiger partial charge in [0, 0.05) is 17.8 Å². The maximum absolute atomic E-state index is 11.9. The molecule has 1 N–H and O–H groups in total. The molecule has 0 bridgehead atoms. The molecular weight excluding hydrogens is 232 g/mol. The number of esters is 1. The summed E-state index contributed by atoms with van der Waals surface area (Å²) in [5.41, 5.74) is -1.67. The number of carbonyl (C=O) groups excluding carboxylic acids is 2. The molecular formula is C14H18O4. The average Bonchev–Trinajstić information content (AvgIpc) is 2.23. The van der Waals surface area contributed by atoms with Crippen LogP contribution in [0.2, 0.25) is 0 Å². The van der Waals surface area contributed by atoms with Gasteiger partial charge in [-0.15, -0.1) is 0 Å². The van der Waals surface area contributed by atoms with E-state index in [0.717, 1.165) is 0 Å². The molecule has 0 saturated heterocycles. The molecule has 1 aliphatic rings. The summed E-state index contributed by atoms with van der Waals surface area (Å²) in [6, 6.07) is 0. The van der Waals surface area contributed by atoms with E-state index in [2.05, 4.69) is 16.6 Å². The lowest BCUT2D eigenvalue weighted by atomic mass is 9.70. The van der Waals surface area contributed by atoms with Crippen molar-refractivity contribution in [3.63, 3.8) is 0 Å². The minimum atomic E-state index is -1.45. The highest BCUT2D eigenvalue weighted by Gasteiger charge is 2.41. The topological polar surface area (TPSA) is 63.6 Å². The summed E-state index contributed by atoms with van der Waals surface area (Å²) < 4.78 is 4.67. The highest BCUT2D eigenvalue weighted by atomic mass is 16.5. The van der Waals surface area contributed by atoms with E-state index in [1.54, 1.807) is 27.7 Å². The zero-order valence-corrected chi connectivity index (χ0v) is 11.2. The molecule has 1 unspecified atom stereocenters. The predicted octanol–water partition coefficient (Wildman–Crippen LogP) is 1.23. The monoisotopic (exact) mass is 250 g/mol. The Bertz CT molecular complexity index is 462. The molecule has 0 heterocycles. The number of rotatable bonds is 1. The largest absolute Gasteiger partial charge is 0.456 e. The summed E-state index contributed by atoms with van der Waals surface area (Å²) >= 11 is 0. The molecule has 98 valence electrons. The second-order valence-corrected chi connectivity index (χ2v) is 5.11. The van der Waals surface area contributed by atoms with Crippen LogP contribution in [-0.2, 0) is 14.3 Å². The van der Waals surface area contributed by atoms with Crippen molar-refractivity contribution in [2.24, 2.45) is 5.41 Å². The molecule has 18 heavy (non-hydrogen) atoms. The van der Waals surface area contributed by atoms with E-state index in [1.807, 2.05) is 0 Å². The summed E-state index contributed by atoms with van der Waals surface area (Å²) in [5.74, 6) is 4.06. The molecule has 0 amide bonds. The van der Waals surface area contributed by atoms with Gasteiger partial charge in [-0.05, 0) is 25.5 Å². The Kier molecular flexibility index (Phi) is 3.98. The number of aliphatic hydroxyl groups is 1. The first kappa shape index (κ1) is 14.5. The van der Waals surface area contributed by atoms with Crippen LogP contribution in [0.4, 0.5) is 0 Å².